The smallest absolute Gasteiger partial charge is 0.0714 e. The van der Waals surface area contributed by atoms with E-state index < -0.39 is 5.41 Å². The van der Waals surface area contributed by atoms with Crippen LogP contribution in [-0.4, -0.2) is 0 Å². The summed E-state index contributed by atoms with van der Waals surface area (Å²) >= 11 is 0. The van der Waals surface area contributed by atoms with E-state index in [1.165, 1.54) is 82.7 Å². The van der Waals surface area contributed by atoms with Crippen LogP contribution < -0.4 is 9.80 Å². The Morgan fingerprint density at radius 3 is 1.10 bits per heavy atom. The molecule has 0 spiro atoms. The van der Waals surface area contributed by atoms with Gasteiger partial charge in [-0.15, -0.1) is 0 Å². The minimum Gasteiger partial charge on any atom is -0.311 e. The van der Waals surface area contributed by atoms with Crippen LogP contribution in [0.5, 0.6) is 0 Å². The maximum Gasteiger partial charge on any atom is 0.0714 e. The van der Waals surface area contributed by atoms with Crippen LogP contribution in [0.1, 0.15) is 22.3 Å². The van der Waals surface area contributed by atoms with Gasteiger partial charge in [0.1, 0.15) is 0 Å². The molecule has 0 aliphatic heterocycles. The zero-order valence-electron chi connectivity index (χ0n) is 42.4. The number of nitrogens with zero attached hydrogens (tertiary/aromatic N) is 2. The number of rotatable bonds is 11. The molecule has 77 heavy (non-hydrogen) atoms. The third-order valence-corrected chi connectivity index (χ3v) is 15.7. The first-order valence-electron chi connectivity index (χ1n) is 26.6. The summed E-state index contributed by atoms with van der Waals surface area (Å²) in [5.74, 6) is 0. The third kappa shape index (κ3) is 7.81. The van der Waals surface area contributed by atoms with Crippen LogP contribution >= 0.6 is 0 Å². The molecule has 0 radical (unpaired) electrons. The van der Waals surface area contributed by atoms with E-state index in [0.717, 1.165) is 39.7 Å². The van der Waals surface area contributed by atoms with Crippen LogP contribution in [0.4, 0.5) is 34.1 Å². The van der Waals surface area contributed by atoms with Crippen molar-refractivity contribution in [1.82, 2.24) is 0 Å². The lowest BCUT2D eigenvalue weighted by molar-refractivity contribution is 0.768. The Hall–Kier alpha value is -10.0. The van der Waals surface area contributed by atoms with Crippen molar-refractivity contribution in [1.29, 1.82) is 0 Å². The van der Waals surface area contributed by atoms with Gasteiger partial charge in [0.2, 0.25) is 0 Å². The third-order valence-electron chi connectivity index (χ3n) is 15.7. The van der Waals surface area contributed by atoms with Crippen LogP contribution in [0.15, 0.2) is 315 Å². The van der Waals surface area contributed by atoms with E-state index in [2.05, 4.69) is 325 Å². The monoisotopic (exact) mass is 980 g/mol. The highest BCUT2D eigenvalue weighted by Crippen LogP contribution is 2.57. The fraction of sp³-hybridized carbons (Fsp3) is 0.0133. The quantitative estimate of drug-likeness (QED) is 0.119. The van der Waals surface area contributed by atoms with Crippen molar-refractivity contribution in [2.24, 2.45) is 0 Å². The van der Waals surface area contributed by atoms with Gasteiger partial charge in [-0.2, -0.15) is 0 Å². The standard InChI is InChI=1S/C75H52N2/c1-7-23-54(24-8-1)73-67-36-19-20-37-68(67)74(55-25-9-2-10-26-55)70-51-56(41-49-69(70)73)53-39-42-61(43-40-53)77(63-46-44-62(45-47-63)76(59-31-15-5-16-32-59)60-33-17-6-18-34-60)64-48-50-66-65-35-21-22-38-71(65)75(72(66)52-64,57-27-11-3-12-28-57)58-29-13-4-14-30-58/h1-52H. The fourth-order valence-electron chi connectivity index (χ4n) is 12.4. The van der Waals surface area contributed by atoms with Crippen LogP contribution in [0, 0.1) is 0 Å². The summed E-state index contributed by atoms with van der Waals surface area (Å²) < 4.78 is 0. The highest BCUT2D eigenvalue weighted by atomic mass is 15.2. The zero-order chi connectivity index (χ0) is 51.1. The van der Waals surface area contributed by atoms with Gasteiger partial charge in [0.25, 0.3) is 0 Å². The van der Waals surface area contributed by atoms with Crippen LogP contribution in [0.2, 0.25) is 0 Å². The van der Waals surface area contributed by atoms with Crippen molar-refractivity contribution >= 4 is 55.7 Å². The predicted molar refractivity (Wildman–Crippen MR) is 324 cm³/mol. The van der Waals surface area contributed by atoms with E-state index in [9.17, 15) is 0 Å². The maximum atomic E-state index is 2.46. The van der Waals surface area contributed by atoms with Crippen molar-refractivity contribution in [3.8, 4) is 44.5 Å². The van der Waals surface area contributed by atoms with Crippen molar-refractivity contribution in [3.63, 3.8) is 0 Å². The van der Waals surface area contributed by atoms with Gasteiger partial charge in [-0.1, -0.05) is 237 Å². The number of anilines is 6. The van der Waals surface area contributed by atoms with Crippen LogP contribution in [0.25, 0.3) is 66.1 Å². The summed E-state index contributed by atoms with van der Waals surface area (Å²) in [5.41, 5.74) is 20.7. The largest absolute Gasteiger partial charge is 0.311 e. The number of fused-ring (bicyclic) bond motifs is 5. The number of benzene rings is 13. The zero-order valence-corrected chi connectivity index (χ0v) is 42.4. The average molecular weight is 981 g/mol. The van der Waals surface area contributed by atoms with E-state index in [1.54, 1.807) is 0 Å². The Labute approximate surface area is 450 Å². The first-order valence-corrected chi connectivity index (χ1v) is 26.6. The van der Waals surface area contributed by atoms with Gasteiger partial charge in [0.05, 0.1) is 5.41 Å². The van der Waals surface area contributed by atoms with E-state index in [-0.39, 0.29) is 0 Å². The van der Waals surface area contributed by atoms with E-state index >= 15 is 0 Å². The van der Waals surface area contributed by atoms with Gasteiger partial charge in [-0.25, -0.2) is 0 Å². The molecular weight excluding hydrogens is 929 g/mol. The van der Waals surface area contributed by atoms with Gasteiger partial charge < -0.3 is 9.80 Å². The fourth-order valence-corrected chi connectivity index (χ4v) is 12.4. The van der Waals surface area contributed by atoms with E-state index in [0.29, 0.717) is 0 Å². The Morgan fingerprint density at radius 1 is 0.208 bits per heavy atom. The SMILES string of the molecule is c1ccc(-c2c3ccccc3c(-c3ccccc3)c3cc(-c4ccc(N(c5ccc(N(c6ccccc6)c6ccccc6)cc5)c5ccc6c(c5)C(c5ccccc5)(c5ccccc5)c5ccccc5-6)cc4)ccc23)cc1. The average Bonchev–Trinajstić information content (AvgIpc) is 3.98. The second-order valence-corrected chi connectivity index (χ2v) is 20.0. The number of para-hydroxylation sites is 2. The highest BCUT2D eigenvalue weighted by Gasteiger charge is 2.46. The lowest BCUT2D eigenvalue weighted by atomic mass is 9.67. The molecule has 1 aliphatic carbocycles. The molecule has 0 saturated heterocycles. The van der Waals surface area contributed by atoms with Crippen molar-refractivity contribution < 1.29 is 0 Å². The van der Waals surface area contributed by atoms with Crippen molar-refractivity contribution in [2.45, 2.75) is 5.41 Å². The Bertz CT molecular complexity index is 4140. The lowest BCUT2D eigenvalue weighted by Gasteiger charge is -2.35. The molecule has 0 N–H and O–H groups in total. The van der Waals surface area contributed by atoms with E-state index in [1.807, 2.05) is 0 Å². The normalized spacial score (nSPS) is 12.3. The summed E-state index contributed by atoms with van der Waals surface area (Å²) in [6.45, 7) is 0. The molecule has 13 aromatic rings. The molecule has 0 atom stereocenters. The lowest BCUT2D eigenvalue weighted by Crippen LogP contribution is -2.28. The van der Waals surface area contributed by atoms with Crippen LogP contribution in [0.3, 0.4) is 0 Å². The molecule has 14 rings (SSSR count). The molecule has 1 aliphatic rings. The second-order valence-electron chi connectivity index (χ2n) is 20.0. The first kappa shape index (κ1) is 45.6. The summed E-state index contributed by atoms with van der Waals surface area (Å²) in [6.07, 6.45) is 0. The van der Waals surface area contributed by atoms with Gasteiger partial charge in [-0.3, -0.25) is 0 Å². The van der Waals surface area contributed by atoms with E-state index in [4.69, 9.17) is 0 Å². The Morgan fingerprint density at radius 2 is 0.571 bits per heavy atom. The summed E-state index contributed by atoms with van der Waals surface area (Å²) in [4.78, 5) is 4.75. The van der Waals surface area contributed by atoms with Gasteiger partial charge in [0.15, 0.2) is 0 Å². The van der Waals surface area contributed by atoms with Crippen molar-refractivity contribution in [2.75, 3.05) is 9.80 Å². The highest BCUT2D eigenvalue weighted by molar-refractivity contribution is 6.22. The maximum absolute atomic E-state index is 2.46. The van der Waals surface area contributed by atoms with Gasteiger partial charge >= 0.3 is 0 Å². The first-order chi connectivity index (χ1) is 38.2. The van der Waals surface area contributed by atoms with Crippen molar-refractivity contribution in [3.05, 3.63) is 338 Å². The number of hydrogen-bond acceptors (Lipinski definition) is 2. The van der Waals surface area contributed by atoms with Gasteiger partial charge in [0, 0.05) is 34.1 Å². The predicted octanol–water partition coefficient (Wildman–Crippen LogP) is 20.3. The molecule has 0 fully saturated rings. The summed E-state index contributed by atoms with van der Waals surface area (Å²) in [6, 6.07) is 115. The molecule has 13 aromatic carbocycles. The Kier molecular flexibility index (Phi) is 11.5. The topological polar surface area (TPSA) is 6.48 Å². The second kappa shape index (κ2) is 19.4. The molecule has 0 heterocycles. The molecule has 2 nitrogen and oxygen atoms in total. The molecule has 0 saturated carbocycles. The summed E-state index contributed by atoms with van der Waals surface area (Å²) in [5, 5.41) is 4.97. The van der Waals surface area contributed by atoms with Crippen LogP contribution in [-0.2, 0) is 5.41 Å². The molecule has 0 amide bonds. The van der Waals surface area contributed by atoms with Gasteiger partial charge in [-0.05, 0) is 167 Å². The molecule has 0 bridgehead atoms. The molecular formula is C75H52N2. The minimum atomic E-state index is -0.546. The Balaban J connectivity index is 0.945. The summed E-state index contributed by atoms with van der Waals surface area (Å²) in [7, 11) is 0. The number of hydrogen-bond donors (Lipinski definition) is 0. The molecule has 2 heteroatoms. The molecule has 362 valence electrons. The minimum absolute atomic E-state index is 0.546. The molecule has 0 unspecified atom stereocenters. The molecule has 0 aromatic heterocycles.